The van der Waals surface area contributed by atoms with Crippen LogP contribution >= 0.6 is 22.3 Å². The van der Waals surface area contributed by atoms with Crippen LogP contribution in [-0.4, -0.2) is 24.0 Å². The molecular weight excluding hydrogens is 259 g/mol. The lowest BCUT2D eigenvalue weighted by Crippen LogP contribution is -2.04. The highest BCUT2D eigenvalue weighted by atomic mass is 35.7. The van der Waals surface area contributed by atoms with Crippen LogP contribution in [0.25, 0.3) is 0 Å². The van der Waals surface area contributed by atoms with Crippen LogP contribution in [0.15, 0.2) is 6.20 Å². The predicted molar refractivity (Wildman–Crippen MR) is 61.0 cm³/mol. The molecule has 1 rings (SSSR count). The molecule has 0 aromatic carbocycles. The van der Waals surface area contributed by atoms with E-state index in [-0.39, 0.29) is 18.2 Å². The number of halogens is 2. The summed E-state index contributed by atoms with van der Waals surface area (Å²) in [4.78, 5) is 0. The standard InChI is InChI=1S/C8H12Cl2N2O2S/c1-6(2)12-8(9)7(5-11-12)3-4-15(10,13)14/h5-6H,3-4H2,1-2H3. The normalized spacial score (nSPS) is 12.3. The van der Waals surface area contributed by atoms with E-state index in [0.717, 1.165) is 0 Å². The number of rotatable bonds is 4. The average Bonchev–Trinajstić information content (AvgIpc) is 2.42. The van der Waals surface area contributed by atoms with Gasteiger partial charge < -0.3 is 0 Å². The van der Waals surface area contributed by atoms with Gasteiger partial charge in [-0.2, -0.15) is 5.10 Å². The maximum absolute atomic E-state index is 10.8. The van der Waals surface area contributed by atoms with Crippen LogP contribution in [0.1, 0.15) is 25.5 Å². The molecule has 0 bridgehead atoms. The number of aryl methyl sites for hydroxylation is 1. The maximum atomic E-state index is 10.8. The Hall–Kier alpha value is -0.260. The highest BCUT2D eigenvalue weighted by molar-refractivity contribution is 8.13. The van der Waals surface area contributed by atoms with Gasteiger partial charge in [0.2, 0.25) is 9.05 Å². The van der Waals surface area contributed by atoms with Crippen LogP contribution in [-0.2, 0) is 15.5 Å². The molecule has 0 saturated carbocycles. The quantitative estimate of drug-likeness (QED) is 0.789. The van der Waals surface area contributed by atoms with Gasteiger partial charge in [0.05, 0.1) is 11.9 Å². The van der Waals surface area contributed by atoms with Gasteiger partial charge in [-0.3, -0.25) is 4.68 Å². The van der Waals surface area contributed by atoms with Gasteiger partial charge in [0, 0.05) is 22.3 Å². The van der Waals surface area contributed by atoms with Crippen molar-refractivity contribution in [3.8, 4) is 0 Å². The van der Waals surface area contributed by atoms with E-state index in [0.29, 0.717) is 10.7 Å². The number of hydrogen-bond acceptors (Lipinski definition) is 3. The first kappa shape index (κ1) is 12.8. The molecule has 0 unspecified atom stereocenters. The summed E-state index contributed by atoms with van der Waals surface area (Å²) in [5, 5.41) is 4.54. The van der Waals surface area contributed by atoms with E-state index in [1.54, 1.807) is 10.9 Å². The number of nitrogens with zero attached hydrogens (tertiary/aromatic N) is 2. The van der Waals surface area contributed by atoms with Crippen LogP contribution in [0.3, 0.4) is 0 Å². The highest BCUT2D eigenvalue weighted by Gasteiger charge is 2.13. The van der Waals surface area contributed by atoms with Crippen molar-refractivity contribution in [2.24, 2.45) is 0 Å². The summed E-state index contributed by atoms with van der Waals surface area (Å²) in [6.45, 7) is 3.89. The van der Waals surface area contributed by atoms with Gasteiger partial charge in [-0.05, 0) is 20.3 Å². The second-order valence-electron chi connectivity index (χ2n) is 3.49. The largest absolute Gasteiger partial charge is 0.251 e. The molecule has 0 aliphatic heterocycles. The summed E-state index contributed by atoms with van der Waals surface area (Å²) in [6, 6.07) is 0.152. The Kier molecular flexibility index (Phi) is 4.03. The monoisotopic (exact) mass is 270 g/mol. The van der Waals surface area contributed by atoms with Crippen molar-refractivity contribution in [3.63, 3.8) is 0 Å². The molecule has 0 aliphatic rings. The third-order valence-corrected chi connectivity index (χ3v) is 3.48. The second kappa shape index (κ2) is 4.72. The zero-order valence-electron chi connectivity index (χ0n) is 8.44. The van der Waals surface area contributed by atoms with Crippen molar-refractivity contribution in [2.45, 2.75) is 26.3 Å². The fourth-order valence-corrected chi connectivity index (χ4v) is 2.22. The molecule has 15 heavy (non-hydrogen) atoms. The van der Waals surface area contributed by atoms with Crippen molar-refractivity contribution >= 4 is 31.3 Å². The first-order valence-corrected chi connectivity index (χ1v) is 7.31. The molecule has 1 aromatic rings. The summed E-state index contributed by atoms with van der Waals surface area (Å²) in [6.07, 6.45) is 1.86. The van der Waals surface area contributed by atoms with Crippen LogP contribution in [0, 0.1) is 0 Å². The van der Waals surface area contributed by atoms with Crippen LogP contribution < -0.4 is 0 Å². The minimum absolute atomic E-state index is 0.127. The Balaban J connectivity index is 2.80. The summed E-state index contributed by atoms with van der Waals surface area (Å²) in [5.41, 5.74) is 0.703. The van der Waals surface area contributed by atoms with Crippen LogP contribution in [0.2, 0.25) is 5.15 Å². The molecule has 0 atom stereocenters. The molecule has 0 amide bonds. The van der Waals surface area contributed by atoms with Crippen molar-refractivity contribution in [1.82, 2.24) is 9.78 Å². The van der Waals surface area contributed by atoms with Crippen LogP contribution in [0.5, 0.6) is 0 Å². The van der Waals surface area contributed by atoms with Gasteiger partial charge in [0.25, 0.3) is 0 Å². The molecule has 4 nitrogen and oxygen atoms in total. The molecular formula is C8H12Cl2N2O2S. The van der Waals surface area contributed by atoms with Gasteiger partial charge >= 0.3 is 0 Å². The molecule has 0 aliphatic carbocycles. The highest BCUT2D eigenvalue weighted by Crippen LogP contribution is 2.20. The third kappa shape index (κ3) is 3.66. The van der Waals surface area contributed by atoms with Gasteiger partial charge in [0.15, 0.2) is 0 Å². The smallest absolute Gasteiger partial charge is 0.232 e. The Morgan fingerprint density at radius 2 is 2.13 bits per heavy atom. The summed E-state index contributed by atoms with van der Waals surface area (Å²) in [5.74, 6) is -0.127. The second-order valence-corrected chi connectivity index (χ2v) is 6.75. The third-order valence-electron chi connectivity index (χ3n) is 1.91. The fraction of sp³-hybridized carbons (Fsp3) is 0.625. The minimum Gasteiger partial charge on any atom is -0.251 e. The topological polar surface area (TPSA) is 52.0 Å². The molecule has 0 fully saturated rings. The average molecular weight is 271 g/mol. The fourth-order valence-electron chi connectivity index (χ4n) is 1.14. The van der Waals surface area contributed by atoms with E-state index < -0.39 is 9.05 Å². The molecule has 86 valence electrons. The Morgan fingerprint density at radius 3 is 2.53 bits per heavy atom. The minimum atomic E-state index is -3.47. The van der Waals surface area contributed by atoms with E-state index >= 15 is 0 Å². The summed E-state index contributed by atoms with van der Waals surface area (Å²) >= 11 is 6.01. The van der Waals surface area contributed by atoms with E-state index in [9.17, 15) is 8.42 Å². The lowest BCUT2D eigenvalue weighted by molar-refractivity contribution is 0.533. The maximum Gasteiger partial charge on any atom is 0.232 e. The number of aromatic nitrogens is 2. The van der Waals surface area contributed by atoms with E-state index in [1.165, 1.54) is 0 Å². The number of hydrogen-bond donors (Lipinski definition) is 0. The lowest BCUT2D eigenvalue weighted by atomic mass is 10.3. The van der Waals surface area contributed by atoms with Crippen molar-refractivity contribution < 1.29 is 8.42 Å². The molecule has 0 radical (unpaired) electrons. The Bertz CT molecular complexity index is 439. The van der Waals surface area contributed by atoms with E-state index in [4.69, 9.17) is 22.3 Å². The van der Waals surface area contributed by atoms with Gasteiger partial charge in [-0.25, -0.2) is 8.42 Å². The first-order chi connectivity index (χ1) is 6.81. The zero-order chi connectivity index (χ0) is 11.6. The first-order valence-electron chi connectivity index (χ1n) is 4.45. The van der Waals surface area contributed by atoms with Crippen molar-refractivity contribution in [3.05, 3.63) is 16.9 Å². The predicted octanol–water partition coefficient (Wildman–Crippen LogP) is 2.23. The van der Waals surface area contributed by atoms with Gasteiger partial charge in [0.1, 0.15) is 5.15 Å². The summed E-state index contributed by atoms with van der Waals surface area (Å²) in [7, 11) is 1.63. The molecule has 0 spiro atoms. The van der Waals surface area contributed by atoms with Crippen LogP contribution in [0.4, 0.5) is 0 Å². The molecule has 0 N–H and O–H groups in total. The lowest BCUT2D eigenvalue weighted by Gasteiger charge is -2.06. The SMILES string of the molecule is CC(C)n1ncc(CCS(=O)(=O)Cl)c1Cl. The molecule has 0 saturated heterocycles. The van der Waals surface area contributed by atoms with E-state index in [2.05, 4.69) is 5.10 Å². The van der Waals surface area contributed by atoms with Gasteiger partial charge in [-0.15, -0.1) is 0 Å². The summed E-state index contributed by atoms with van der Waals surface area (Å²) < 4.78 is 23.1. The molecule has 7 heteroatoms. The van der Waals surface area contributed by atoms with Crippen molar-refractivity contribution in [2.75, 3.05) is 5.75 Å². The van der Waals surface area contributed by atoms with Gasteiger partial charge in [-0.1, -0.05) is 11.6 Å². The molecule has 1 heterocycles. The Labute approximate surface area is 98.6 Å². The van der Waals surface area contributed by atoms with Crippen molar-refractivity contribution in [1.29, 1.82) is 0 Å². The van der Waals surface area contributed by atoms with E-state index in [1.807, 2.05) is 13.8 Å². The molecule has 1 aromatic heterocycles. The Morgan fingerprint density at radius 1 is 1.53 bits per heavy atom. The zero-order valence-corrected chi connectivity index (χ0v) is 10.8.